The molecular weight excluding hydrogens is 314 g/mol. The Balaban J connectivity index is 1.92. The molecule has 0 aromatic heterocycles. The van der Waals surface area contributed by atoms with E-state index in [9.17, 15) is 0 Å². The Morgan fingerprint density at radius 3 is 2.31 bits per heavy atom. The molecule has 3 rings (SSSR count). The van der Waals surface area contributed by atoms with E-state index in [0.29, 0.717) is 0 Å². The minimum atomic E-state index is 0.0952. The minimum absolute atomic E-state index is 0.0952. The van der Waals surface area contributed by atoms with Crippen molar-refractivity contribution in [2.24, 2.45) is 4.99 Å². The minimum Gasteiger partial charge on any atom is -0.293 e. The third-order valence-electron chi connectivity index (χ3n) is 5.05. The number of hydrogen-bond donors (Lipinski definition) is 0. The summed E-state index contributed by atoms with van der Waals surface area (Å²) >= 11 is 0. The lowest BCUT2D eigenvalue weighted by atomic mass is 9.93. The highest BCUT2D eigenvalue weighted by molar-refractivity contribution is 5.98. The Bertz CT molecular complexity index is 919. The van der Waals surface area contributed by atoms with Crippen molar-refractivity contribution in [2.45, 2.75) is 39.2 Å². The molecular formula is C25H27N. The van der Waals surface area contributed by atoms with Gasteiger partial charge in [0.15, 0.2) is 0 Å². The summed E-state index contributed by atoms with van der Waals surface area (Å²) in [4.78, 5) is 4.33. The molecule has 0 saturated heterocycles. The Kier molecular flexibility index (Phi) is 5.68. The first-order valence-corrected chi connectivity index (χ1v) is 9.35. The number of hydrogen-bond acceptors (Lipinski definition) is 1. The van der Waals surface area contributed by atoms with Gasteiger partial charge in [-0.1, -0.05) is 86.2 Å². The molecule has 26 heavy (non-hydrogen) atoms. The van der Waals surface area contributed by atoms with Gasteiger partial charge >= 0.3 is 0 Å². The van der Waals surface area contributed by atoms with E-state index in [-0.39, 0.29) is 6.04 Å². The second-order valence-corrected chi connectivity index (χ2v) is 7.00. The highest BCUT2D eigenvalue weighted by Gasteiger charge is 2.11. The largest absolute Gasteiger partial charge is 0.293 e. The van der Waals surface area contributed by atoms with Crippen LogP contribution in [0, 0.1) is 6.92 Å². The van der Waals surface area contributed by atoms with Crippen molar-refractivity contribution in [1.82, 2.24) is 0 Å². The first-order chi connectivity index (χ1) is 12.6. The second kappa shape index (κ2) is 8.14. The van der Waals surface area contributed by atoms with E-state index in [1.165, 1.54) is 38.6 Å². The lowest BCUT2D eigenvalue weighted by molar-refractivity contribution is 0.693. The number of fused-ring (bicyclic) bond motifs is 1. The third kappa shape index (κ3) is 3.77. The van der Waals surface area contributed by atoms with Crippen LogP contribution in [-0.2, 0) is 0 Å². The summed E-state index contributed by atoms with van der Waals surface area (Å²) in [6.45, 7) is 12.3. The summed E-state index contributed by atoms with van der Waals surface area (Å²) < 4.78 is 0. The van der Waals surface area contributed by atoms with Crippen LogP contribution in [-0.4, -0.2) is 6.72 Å². The molecule has 0 amide bonds. The molecule has 132 valence electrons. The van der Waals surface area contributed by atoms with Crippen LogP contribution in [0.2, 0.25) is 0 Å². The maximum absolute atomic E-state index is 4.33. The summed E-state index contributed by atoms with van der Waals surface area (Å²) in [5, 5.41) is 2.62. The molecule has 0 aliphatic heterocycles. The fraction of sp³-hybridized carbons (Fsp3) is 0.240. The van der Waals surface area contributed by atoms with Gasteiger partial charge in [0.05, 0.1) is 6.04 Å². The standard InChI is InChI=1S/C25H27N/c1-5-8-18(2)17-25(26-4)21-14-12-20(13-15-21)23-16-11-19(3)22-9-6-7-10-24(22)23/h6-7,9-16,25H,2,4-5,8,17H2,1,3H3. The van der Waals surface area contributed by atoms with E-state index in [1.54, 1.807) is 0 Å². The molecule has 0 aliphatic rings. The molecule has 0 fully saturated rings. The zero-order chi connectivity index (χ0) is 18.5. The molecule has 1 nitrogen and oxygen atoms in total. The van der Waals surface area contributed by atoms with Crippen LogP contribution >= 0.6 is 0 Å². The molecule has 1 heteroatoms. The van der Waals surface area contributed by atoms with Crippen molar-refractivity contribution in [3.8, 4) is 11.1 Å². The predicted octanol–water partition coefficient (Wildman–Crippen LogP) is 7.30. The number of aliphatic imine (C=N–C) groups is 1. The van der Waals surface area contributed by atoms with Crippen LogP contribution < -0.4 is 0 Å². The quantitative estimate of drug-likeness (QED) is 0.316. The topological polar surface area (TPSA) is 12.4 Å². The van der Waals surface area contributed by atoms with Crippen molar-refractivity contribution in [3.05, 3.63) is 83.9 Å². The molecule has 1 unspecified atom stereocenters. The van der Waals surface area contributed by atoms with E-state index in [0.717, 1.165) is 19.3 Å². The summed E-state index contributed by atoms with van der Waals surface area (Å²) in [6, 6.07) is 21.9. The van der Waals surface area contributed by atoms with Crippen molar-refractivity contribution in [3.63, 3.8) is 0 Å². The second-order valence-electron chi connectivity index (χ2n) is 7.00. The molecule has 0 aliphatic carbocycles. The molecule has 0 radical (unpaired) electrons. The average Bonchev–Trinajstić information content (AvgIpc) is 2.67. The molecule has 0 spiro atoms. The Morgan fingerprint density at radius 1 is 0.962 bits per heavy atom. The fourth-order valence-electron chi connectivity index (χ4n) is 3.60. The summed E-state index contributed by atoms with van der Waals surface area (Å²) in [5.41, 5.74) is 6.28. The van der Waals surface area contributed by atoms with Crippen LogP contribution in [0.15, 0.2) is 77.8 Å². The molecule has 1 atom stereocenters. The van der Waals surface area contributed by atoms with Gasteiger partial charge < -0.3 is 0 Å². The van der Waals surface area contributed by atoms with E-state index in [4.69, 9.17) is 0 Å². The van der Waals surface area contributed by atoms with Gasteiger partial charge in [-0.15, -0.1) is 0 Å². The number of benzene rings is 3. The summed E-state index contributed by atoms with van der Waals surface area (Å²) in [6.07, 6.45) is 3.06. The predicted molar refractivity (Wildman–Crippen MR) is 115 cm³/mol. The van der Waals surface area contributed by atoms with Crippen molar-refractivity contribution >= 4 is 17.5 Å². The smallest absolute Gasteiger partial charge is 0.0778 e. The van der Waals surface area contributed by atoms with E-state index in [1.807, 2.05) is 0 Å². The van der Waals surface area contributed by atoms with Gasteiger partial charge in [-0.25, -0.2) is 0 Å². The van der Waals surface area contributed by atoms with Gasteiger partial charge in [-0.3, -0.25) is 4.99 Å². The first kappa shape index (κ1) is 18.1. The van der Waals surface area contributed by atoms with E-state index in [2.05, 4.69) is 92.8 Å². The molecule has 3 aromatic carbocycles. The van der Waals surface area contributed by atoms with Gasteiger partial charge in [0.25, 0.3) is 0 Å². The molecule has 0 saturated carbocycles. The Morgan fingerprint density at radius 2 is 1.65 bits per heavy atom. The van der Waals surface area contributed by atoms with E-state index >= 15 is 0 Å². The SMILES string of the molecule is C=NC(CC(=C)CCC)c1ccc(-c2ccc(C)c3ccccc23)cc1. The molecule has 0 bridgehead atoms. The maximum atomic E-state index is 4.33. The highest BCUT2D eigenvalue weighted by atomic mass is 14.7. The van der Waals surface area contributed by atoms with Gasteiger partial charge in [0.2, 0.25) is 0 Å². The fourth-order valence-corrected chi connectivity index (χ4v) is 3.60. The van der Waals surface area contributed by atoms with Crippen molar-refractivity contribution in [2.75, 3.05) is 0 Å². The van der Waals surface area contributed by atoms with Crippen LogP contribution in [0.4, 0.5) is 0 Å². The molecule has 3 aromatic rings. The molecule has 0 N–H and O–H groups in total. The summed E-state index contributed by atoms with van der Waals surface area (Å²) in [5.74, 6) is 0. The number of rotatable bonds is 7. The lowest BCUT2D eigenvalue weighted by Crippen LogP contribution is -1.97. The summed E-state index contributed by atoms with van der Waals surface area (Å²) in [7, 11) is 0. The van der Waals surface area contributed by atoms with Gasteiger partial charge in [0, 0.05) is 0 Å². The van der Waals surface area contributed by atoms with Crippen LogP contribution in [0.5, 0.6) is 0 Å². The first-order valence-electron chi connectivity index (χ1n) is 9.35. The zero-order valence-corrected chi connectivity index (χ0v) is 15.8. The normalized spacial score (nSPS) is 12.1. The van der Waals surface area contributed by atoms with Gasteiger partial charge in [-0.05, 0) is 59.5 Å². The zero-order valence-electron chi connectivity index (χ0n) is 15.8. The van der Waals surface area contributed by atoms with Crippen LogP contribution in [0.1, 0.15) is 43.4 Å². The average molecular weight is 341 g/mol. The third-order valence-corrected chi connectivity index (χ3v) is 5.05. The van der Waals surface area contributed by atoms with Gasteiger partial charge in [-0.2, -0.15) is 0 Å². The van der Waals surface area contributed by atoms with Crippen LogP contribution in [0.25, 0.3) is 21.9 Å². The van der Waals surface area contributed by atoms with E-state index < -0.39 is 0 Å². The lowest BCUT2D eigenvalue weighted by Gasteiger charge is -2.15. The van der Waals surface area contributed by atoms with Crippen molar-refractivity contribution in [1.29, 1.82) is 0 Å². The van der Waals surface area contributed by atoms with Crippen LogP contribution in [0.3, 0.4) is 0 Å². The Labute approximate surface area is 157 Å². The number of aryl methyl sites for hydroxylation is 1. The highest BCUT2D eigenvalue weighted by Crippen LogP contribution is 2.32. The van der Waals surface area contributed by atoms with Gasteiger partial charge in [0.1, 0.15) is 0 Å². The van der Waals surface area contributed by atoms with Crippen molar-refractivity contribution < 1.29 is 0 Å². The molecule has 0 heterocycles. The number of nitrogens with zero attached hydrogens (tertiary/aromatic N) is 1. The monoisotopic (exact) mass is 341 g/mol. The Hall–Kier alpha value is -2.67. The maximum Gasteiger partial charge on any atom is 0.0778 e.